The molecule has 2 heterocycles. The first kappa shape index (κ1) is 22.8. The Morgan fingerprint density at radius 3 is 2.48 bits per heavy atom. The molecule has 1 atom stereocenters. The summed E-state index contributed by atoms with van der Waals surface area (Å²) in [4.78, 5) is 20.7. The van der Waals surface area contributed by atoms with Crippen LogP contribution in [0.4, 0.5) is 17.5 Å². The number of halogens is 1. The number of hydrogen-bond acceptors (Lipinski definition) is 7. The minimum Gasteiger partial charge on any atom is -0.478 e. The molecule has 9 nitrogen and oxygen atoms in total. The lowest BCUT2D eigenvalue weighted by atomic mass is 10.1. The van der Waals surface area contributed by atoms with Gasteiger partial charge >= 0.3 is 5.97 Å². The highest BCUT2D eigenvalue weighted by Gasteiger charge is 2.22. The van der Waals surface area contributed by atoms with E-state index >= 15 is 0 Å². The average molecular weight is 447 g/mol. The number of fused-ring (bicyclic) bond motifs is 1. The lowest BCUT2D eigenvalue weighted by Crippen LogP contribution is -2.17. The zero-order chi connectivity index (χ0) is 22.9. The maximum Gasteiger partial charge on any atom is 0.337 e. The van der Waals surface area contributed by atoms with Crippen molar-refractivity contribution in [3.63, 3.8) is 0 Å². The molecule has 10 heteroatoms. The lowest BCUT2D eigenvalue weighted by Gasteiger charge is -2.14. The van der Waals surface area contributed by atoms with Crippen molar-refractivity contribution in [1.82, 2.24) is 19.7 Å². The number of carboxylic acid groups (broad SMARTS) is 1. The van der Waals surface area contributed by atoms with Crippen LogP contribution < -0.4 is 10.6 Å². The largest absolute Gasteiger partial charge is 0.478 e. The van der Waals surface area contributed by atoms with E-state index in [-0.39, 0.29) is 29.1 Å². The van der Waals surface area contributed by atoms with Crippen molar-refractivity contribution >= 4 is 46.1 Å². The Morgan fingerprint density at radius 1 is 1.19 bits per heavy atom. The second kappa shape index (κ2) is 9.07. The summed E-state index contributed by atoms with van der Waals surface area (Å²) < 4.78 is 1.86. The van der Waals surface area contributed by atoms with Gasteiger partial charge in [0.2, 0.25) is 5.95 Å². The number of carboxylic acids is 1. The van der Waals surface area contributed by atoms with Crippen molar-refractivity contribution in [1.29, 1.82) is 0 Å². The Bertz CT molecular complexity index is 1110. The predicted octanol–water partition coefficient (Wildman–Crippen LogP) is 4.42. The van der Waals surface area contributed by atoms with Gasteiger partial charge in [-0.05, 0) is 44.9 Å². The highest BCUT2D eigenvalue weighted by Crippen LogP contribution is 2.33. The molecule has 3 aromatic rings. The molecule has 0 bridgehead atoms. The van der Waals surface area contributed by atoms with E-state index in [4.69, 9.17) is 16.7 Å². The summed E-state index contributed by atoms with van der Waals surface area (Å²) >= 11 is 6.01. The first-order chi connectivity index (χ1) is 14.6. The third-order valence-corrected chi connectivity index (χ3v) is 4.95. The molecule has 4 N–H and O–H groups in total. The van der Waals surface area contributed by atoms with Crippen LogP contribution in [0.3, 0.4) is 0 Å². The molecule has 0 saturated heterocycles. The molecule has 0 spiro atoms. The molecule has 1 unspecified atom stereocenters. The molecule has 0 amide bonds. The number of nitrogens with zero attached hydrogens (tertiary/aromatic N) is 4. The minimum atomic E-state index is -1.12. The minimum absolute atomic E-state index is 0.00958. The molecule has 0 aliphatic heterocycles. The van der Waals surface area contributed by atoms with Crippen LogP contribution in [0.2, 0.25) is 5.02 Å². The van der Waals surface area contributed by atoms with Gasteiger partial charge in [0.1, 0.15) is 11.0 Å². The van der Waals surface area contributed by atoms with Crippen LogP contribution in [0.5, 0.6) is 0 Å². The molecule has 3 rings (SSSR count). The molecule has 2 aromatic heterocycles. The van der Waals surface area contributed by atoms with E-state index < -0.39 is 12.1 Å². The number of aromatic carboxylic acids is 1. The SMILES string of the molecule is CC(O)CNc1nc(Nc2ccc(Cl)c(C(=O)O)c2)c2c(n1)c(C(C)C)nn2C(C)C. The molecule has 0 radical (unpaired) electrons. The van der Waals surface area contributed by atoms with Crippen LogP contribution in [0.1, 0.15) is 62.6 Å². The molecule has 166 valence electrons. The van der Waals surface area contributed by atoms with Crippen LogP contribution >= 0.6 is 11.6 Å². The average Bonchev–Trinajstić information content (AvgIpc) is 3.08. The van der Waals surface area contributed by atoms with E-state index in [0.717, 1.165) is 5.69 Å². The summed E-state index contributed by atoms with van der Waals surface area (Å²) in [5, 5.41) is 30.2. The summed E-state index contributed by atoms with van der Waals surface area (Å²) in [7, 11) is 0. The predicted molar refractivity (Wildman–Crippen MR) is 122 cm³/mol. The fraction of sp³-hybridized carbons (Fsp3) is 0.429. The van der Waals surface area contributed by atoms with Crippen LogP contribution in [0, 0.1) is 0 Å². The fourth-order valence-corrected chi connectivity index (χ4v) is 3.33. The van der Waals surface area contributed by atoms with Gasteiger partial charge < -0.3 is 20.8 Å². The van der Waals surface area contributed by atoms with Crippen LogP contribution in [0.15, 0.2) is 18.2 Å². The van der Waals surface area contributed by atoms with Crippen molar-refractivity contribution in [2.24, 2.45) is 0 Å². The zero-order valence-corrected chi connectivity index (χ0v) is 18.9. The summed E-state index contributed by atoms with van der Waals surface area (Å²) in [6.45, 7) is 10.1. The lowest BCUT2D eigenvalue weighted by molar-refractivity contribution is 0.0697. The standard InChI is InChI=1S/C21H27ClN6O3/c1-10(2)16-17-18(28(27-16)11(3)4)19(26-21(25-17)23-9-12(5)29)24-13-6-7-15(22)14(8-13)20(30)31/h6-8,10-12,29H,9H2,1-5H3,(H,30,31)(H2,23,24,25,26). The van der Waals surface area contributed by atoms with E-state index in [2.05, 4.69) is 20.6 Å². The molecule has 0 saturated carbocycles. The van der Waals surface area contributed by atoms with Crippen LogP contribution in [-0.2, 0) is 0 Å². The first-order valence-electron chi connectivity index (χ1n) is 10.1. The van der Waals surface area contributed by atoms with Gasteiger partial charge in [0.15, 0.2) is 5.82 Å². The molecule has 0 aliphatic rings. The molecule has 1 aromatic carbocycles. The zero-order valence-electron chi connectivity index (χ0n) is 18.1. The van der Waals surface area contributed by atoms with E-state index in [0.29, 0.717) is 28.5 Å². The second-order valence-corrected chi connectivity index (χ2v) is 8.43. The molecule has 0 fully saturated rings. The smallest absolute Gasteiger partial charge is 0.337 e. The van der Waals surface area contributed by atoms with Crippen LogP contribution in [-0.4, -0.2) is 48.6 Å². The number of aliphatic hydroxyl groups excluding tert-OH is 1. The maximum atomic E-state index is 11.5. The summed E-state index contributed by atoms with van der Waals surface area (Å²) in [5.74, 6) is -0.169. The van der Waals surface area contributed by atoms with Gasteiger partial charge in [-0.1, -0.05) is 25.4 Å². The van der Waals surface area contributed by atoms with Gasteiger partial charge in [0.05, 0.1) is 22.4 Å². The summed E-state index contributed by atoms with van der Waals surface area (Å²) in [5.41, 5.74) is 2.75. The van der Waals surface area contributed by atoms with Gasteiger partial charge in [-0.25, -0.2) is 9.78 Å². The quantitative estimate of drug-likeness (QED) is 0.400. The monoisotopic (exact) mass is 446 g/mol. The second-order valence-electron chi connectivity index (χ2n) is 8.03. The number of carbonyl (C=O) groups is 1. The summed E-state index contributed by atoms with van der Waals surface area (Å²) in [6.07, 6.45) is -0.576. The van der Waals surface area contributed by atoms with Gasteiger partial charge in [0.25, 0.3) is 0 Å². The summed E-state index contributed by atoms with van der Waals surface area (Å²) in [6, 6.07) is 4.72. The normalized spacial score (nSPS) is 12.5. The van der Waals surface area contributed by atoms with Crippen molar-refractivity contribution in [3.05, 3.63) is 34.5 Å². The Kier molecular flexibility index (Phi) is 6.66. The highest BCUT2D eigenvalue weighted by atomic mass is 35.5. The number of hydrogen-bond donors (Lipinski definition) is 4. The Labute approximate surface area is 185 Å². The van der Waals surface area contributed by atoms with E-state index in [1.54, 1.807) is 13.0 Å². The van der Waals surface area contributed by atoms with E-state index in [9.17, 15) is 15.0 Å². The molecule has 31 heavy (non-hydrogen) atoms. The number of rotatable bonds is 8. The third-order valence-electron chi connectivity index (χ3n) is 4.62. The number of nitrogens with one attached hydrogen (secondary N) is 2. The Morgan fingerprint density at radius 2 is 1.90 bits per heavy atom. The van der Waals surface area contributed by atoms with Gasteiger partial charge in [-0.15, -0.1) is 0 Å². The van der Waals surface area contributed by atoms with Crippen molar-refractivity contribution < 1.29 is 15.0 Å². The van der Waals surface area contributed by atoms with Gasteiger partial charge in [-0.2, -0.15) is 10.1 Å². The highest BCUT2D eigenvalue weighted by molar-refractivity contribution is 6.33. The van der Waals surface area contributed by atoms with E-state index in [1.807, 2.05) is 32.4 Å². The fourth-order valence-electron chi connectivity index (χ4n) is 3.14. The van der Waals surface area contributed by atoms with Gasteiger partial charge in [0, 0.05) is 18.3 Å². The molecular weight excluding hydrogens is 420 g/mol. The topological polar surface area (TPSA) is 125 Å². The molecule has 0 aliphatic carbocycles. The van der Waals surface area contributed by atoms with E-state index in [1.165, 1.54) is 12.1 Å². The number of aromatic nitrogens is 4. The van der Waals surface area contributed by atoms with Crippen molar-refractivity contribution in [2.45, 2.75) is 52.7 Å². The van der Waals surface area contributed by atoms with Crippen molar-refractivity contribution in [3.8, 4) is 0 Å². The van der Waals surface area contributed by atoms with Crippen molar-refractivity contribution in [2.75, 3.05) is 17.2 Å². The first-order valence-corrected chi connectivity index (χ1v) is 10.5. The third kappa shape index (κ3) is 4.88. The maximum absolute atomic E-state index is 11.5. The van der Waals surface area contributed by atoms with Gasteiger partial charge in [-0.3, -0.25) is 4.68 Å². The number of aliphatic hydroxyl groups is 1. The number of benzene rings is 1. The Hall–Kier alpha value is -2.91. The molecular formula is C21H27ClN6O3. The number of anilines is 3. The Balaban J connectivity index is 2.20. The van der Waals surface area contributed by atoms with Crippen LogP contribution in [0.25, 0.3) is 11.0 Å².